The van der Waals surface area contributed by atoms with E-state index in [1.54, 1.807) is 18.0 Å². The number of rotatable bonds is 3. The lowest BCUT2D eigenvalue weighted by Crippen LogP contribution is -2.44. The van der Waals surface area contributed by atoms with Crippen LogP contribution in [-0.4, -0.2) is 26.9 Å². The summed E-state index contributed by atoms with van der Waals surface area (Å²) in [6.07, 6.45) is 6.94. The van der Waals surface area contributed by atoms with Crippen LogP contribution in [0.4, 0.5) is 0 Å². The lowest BCUT2D eigenvalue weighted by molar-refractivity contribution is -0.113. The smallest absolute Gasteiger partial charge is 0.201 e. The zero-order chi connectivity index (χ0) is 16.4. The molecule has 3 heterocycles. The number of carbonyl (C=O) groups excluding carboxylic acids is 1. The Morgan fingerprint density at radius 2 is 1.92 bits per heavy atom. The van der Waals surface area contributed by atoms with Gasteiger partial charge in [-0.25, -0.2) is 0 Å². The molecule has 0 N–H and O–H groups in total. The maximum absolute atomic E-state index is 12.4. The summed E-state index contributed by atoms with van der Waals surface area (Å²) in [5.41, 5.74) is 0.922. The summed E-state index contributed by atoms with van der Waals surface area (Å²) < 4.78 is 0. The second kappa shape index (κ2) is 6.61. The minimum absolute atomic E-state index is 0.0749. The molecule has 24 heavy (non-hydrogen) atoms. The number of fused-ring (bicyclic) bond motifs is 1. The Morgan fingerprint density at radius 1 is 1.08 bits per heavy atom. The van der Waals surface area contributed by atoms with E-state index in [4.69, 9.17) is 4.99 Å². The van der Waals surface area contributed by atoms with E-state index in [2.05, 4.69) is 17.1 Å². The number of benzene rings is 1. The first-order chi connectivity index (χ1) is 11.8. The number of hydrogen-bond donors (Lipinski definition) is 0. The molecule has 0 saturated heterocycles. The number of nitrogens with zero attached hydrogens (tertiary/aromatic N) is 3. The number of Topliss-reactive ketones (excluding diaryl/α,β-unsaturated/α-hetero) is 1. The molecule has 1 aromatic carbocycles. The minimum atomic E-state index is -0.0749. The molecule has 0 fully saturated rings. The van der Waals surface area contributed by atoms with Gasteiger partial charge in [0.15, 0.2) is 5.84 Å². The quantitative estimate of drug-likeness (QED) is 0.855. The van der Waals surface area contributed by atoms with Gasteiger partial charge in [0.05, 0.1) is 17.1 Å². The van der Waals surface area contributed by atoms with Crippen LogP contribution in [-0.2, 0) is 4.79 Å². The van der Waals surface area contributed by atoms with Crippen LogP contribution < -0.4 is 0 Å². The zero-order valence-corrected chi connectivity index (χ0v) is 13.9. The molecule has 4 nitrogen and oxygen atoms in total. The first-order valence-corrected chi connectivity index (χ1v) is 8.88. The first kappa shape index (κ1) is 15.1. The van der Waals surface area contributed by atoms with Crippen LogP contribution in [0.3, 0.4) is 0 Å². The van der Waals surface area contributed by atoms with Gasteiger partial charge in [-0.2, -0.15) is 0 Å². The molecule has 1 aromatic heterocycles. The maximum atomic E-state index is 12.4. The van der Waals surface area contributed by atoms with Crippen molar-refractivity contribution >= 4 is 23.4 Å². The number of allylic oxidation sites excluding steroid dienone is 1. The van der Waals surface area contributed by atoms with Gasteiger partial charge in [0.25, 0.3) is 0 Å². The van der Waals surface area contributed by atoms with E-state index in [0.717, 1.165) is 12.1 Å². The van der Waals surface area contributed by atoms with E-state index in [1.165, 1.54) is 4.90 Å². The van der Waals surface area contributed by atoms with Crippen LogP contribution in [0.1, 0.15) is 24.6 Å². The molecule has 2 unspecified atom stereocenters. The molecule has 2 aliphatic rings. The van der Waals surface area contributed by atoms with Gasteiger partial charge in [-0.3, -0.25) is 14.8 Å². The third-order valence-corrected chi connectivity index (χ3v) is 5.36. The van der Waals surface area contributed by atoms with Gasteiger partial charge in [0.2, 0.25) is 5.78 Å². The summed E-state index contributed by atoms with van der Waals surface area (Å²) in [5.74, 6) is 0.643. The highest BCUT2D eigenvalue weighted by atomic mass is 32.2. The lowest BCUT2D eigenvalue weighted by atomic mass is 10.0. The molecule has 0 saturated carbocycles. The van der Waals surface area contributed by atoms with Crippen LogP contribution in [0, 0.1) is 0 Å². The van der Waals surface area contributed by atoms with E-state index in [0.29, 0.717) is 12.3 Å². The highest BCUT2D eigenvalue weighted by molar-refractivity contribution is 8.00. The van der Waals surface area contributed by atoms with Crippen molar-refractivity contribution in [1.82, 2.24) is 9.88 Å². The summed E-state index contributed by atoms with van der Waals surface area (Å²) in [5, 5.41) is 0.132. The normalized spacial score (nSPS) is 22.9. The van der Waals surface area contributed by atoms with Gasteiger partial charge in [-0.1, -0.05) is 30.3 Å². The Bertz CT molecular complexity index is 789. The molecule has 0 aliphatic carbocycles. The number of hydrogen-bond acceptors (Lipinski definition) is 5. The Labute approximate surface area is 145 Å². The molecule has 0 radical (unpaired) electrons. The van der Waals surface area contributed by atoms with E-state index in [-0.39, 0.29) is 17.2 Å². The van der Waals surface area contributed by atoms with Crippen LogP contribution in [0.2, 0.25) is 0 Å². The molecular weight excluding hydrogens is 318 g/mol. The fraction of sp³-hybridized carbons (Fsp3) is 0.211. The number of amidine groups is 1. The fourth-order valence-electron chi connectivity index (χ4n) is 2.98. The second-order valence-electron chi connectivity index (χ2n) is 5.76. The number of thioether (sulfide) groups is 1. The van der Waals surface area contributed by atoms with E-state index in [9.17, 15) is 4.79 Å². The standard InChI is InChI=1S/C19H17N3OS/c23-17-10-6-12-22-18(24-14-7-2-1-3-8-14)13-16(21-19(17)22)15-9-4-5-11-20-15/h1-9,11-12,16,18H,10,13H2. The SMILES string of the molecule is O=C1CC=CN2C1=NC(c1ccccn1)CC2Sc1ccccc1. The highest BCUT2D eigenvalue weighted by Gasteiger charge is 2.35. The van der Waals surface area contributed by atoms with Crippen LogP contribution in [0.25, 0.3) is 0 Å². The molecule has 0 spiro atoms. The summed E-state index contributed by atoms with van der Waals surface area (Å²) >= 11 is 1.76. The highest BCUT2D eigenvalue weighted by Crippen LogP contribution is 2.38. The van der Waals surface area contributed by atoms with Crippen molar-refractivity contribution in [1.29, 1.82) is 0 Å². The van der Waals surface area contributed by atoms with Crippen molar-refractivity contribution in [2.24, 2.45) is 4.99 Å². The molecule has 0 bridgehead atoms. The van der Waals surface area contributed by atoms with Crippen LogP contribution in [0.15, 0.2) is 76.9 Å². The minimum Gasteiger partial charge on any atom is -0.318 e. The Morgan fingerprint density at radius 3 is 2.71 bits per heavy atom. The zero-order valence-electron chi connectivity index (χ0n) is 13.1. The number of aromatic nitrogens is 1. The molecular formula is C19H17N3OS. The van der Waals surface area contributed by atoms with Crippen molar-refractivity contribution in [2.75, 3.05) is 0 Å². The lowest BCUT2D eigenvalue weighted by Gasteiger charge is -2.38. The number of pyridine rings is 1. The Kier molecular flexibility index (Phi) is 4.17. The largest absolute Gasteiger partial charge is 0.318 e. The molecule has 4 rings (SSSR count). The van der Waals surface area contributed by atoms with Crippen LogP contribution in [0.5, 0.6) is 0 Å². The summed E-state index contributed by atoms with van der Waals surface area (Å²) in [4.78, 5) is 24.7. The maximum Gasteiger partial charge on any atom is 0.201 e. The molecule has 120 valence electrons. The third-order valence-electron chi connectivity index (χ3n) is 4.12. The molecule has 5 heteroatoms. The van der Waals surface area contributed by atoms with Gasteiger partial charge >= 0.3 is 0 Å². The monoisotopic (exact) mass is 335 g/mol. The van der Waals surface area contributed by atoms with Crippen LogP contribution >= 0.6 is 11.8 Å². The molecule has 2 atom stereocenters. The molecule has 2 aromatic rings. The average molecular weight is 335 g/mol. The van der Waals surface area contributed by atoms with Gasteiger partial charge in [-0.15, -0.1) is 11.8 Å². The van der Waals surface area contributed by atoms with Gasteiger partial charge in [0, 0.05) is 30.1 Å². The van der Waals surface area contributed by atoms with Gasteiger partial charge in [0.1, 0.15) is 0 Å². The van der Waals surface area contributed by atoms with Gasteiger partial charge in [-0.05, 0) is 24.3 Å². The first-order valence-electron chi connectivity index (χ1n) is 8.00. The number of aliphatic imine (C=N–C) groups is 1. The second-order valence-corrected chi connectivity index (χ2v) is 7.01. The van der Waals surface area contributed by atoms with Crippen molar-refractivity contribution in [3.63, 3.8) is 0 Å². The summed E-state index contributed by atoms with van der Waals surface area (Å²) in [7, 11) is 0. The molecule has 0 amide bonds. The predicted molar refractivity (Wildman–Crippen MR) is 95.7 cm³/mol. The topological polar surface area (TPSA) is 45.6 Å². The average Bonchev–Trinajstić information content (AvgIpc) is 2.64. The summed E-state index contributed by atoms with van der Waals surface area (Å²) in [6.45, 7) is 0. The van der Waals surface area contributed by atoms with E-state index < -0.39 is 0 Å². The molecule has 2 aliphatic heterocycles. The van der Waals surface area contributed by atoms with E-state index >= 15 is 0 Å². The van der Waals surface area contributed by atoms with E-state index in [1.807, 2.05) is 53.6 Å². The Balaban J connectivity index is 1.68. The summed E-state index contributed by atoms with van der Waals surface area (Å²) in [6, 6.07) is 16.1. The van der Waals surface area contributed by atoms with Crippen molar-refractivity contribution in [3.05, 3.63) is 72.7 Å². The number of ketones is 1. The predicted octanol–water partition coefficient (Wildman–Crippen LogP) is 3.83. The third kappa shape index (κ3) is 2.99. The van der Waals surface area contributed by atoms with Crippen molar-refractivity contribution < 1.29 is 4.79 Å². The van der Waals surface area contributed by atoms with Crippen molar-refractivity contribution in [2.45, 2.75) is 29.2 Å². The fourth-order valence-corrected chi connectivity index (χ4v) is 4.17. The number of carbonyl (C=O) groups is 1. The van der Waals surface area contributed by atoms with Crippen molar-refractivity contribution in [3.8, 4) is 0 Å². The Hall–Kier alpha value is -2.40. The van der Waals surface area contributed by atoms with Gasteiger partial charge < -0.3 is 4.90 Å².